The summed E-state index contributed by atoms with van der Waals surface area (Å²) in [6.07, 6.45) is 1.04. The van der Waals surface area contributed by atoms with Crippen LogP contribution in [0.3, 0.4) is 0 Å². The maximum absolute atomic E-state index is 11.4. The summed E-state index contributed by atoms with van der Waals surface area (Å²) in [6.45, 7) is 5.11. The zero-order chi connectivity index (χ0) is 9.26. The third-order valence-corrected chi connectivity index (χ3v) is 2.89. The van der Waals surface area contributed by atoms with Gasteiger partial charge in [-0.15, -0.1) is 12.4 Å². The standard InChI is InChI=1S/C9H16N2O2.ClH/c1-2-13-9(12)11-5-7-3-4-10-8(7)6-11;/h7-8,10H,2-6H2,1H3;1H. The highest BCUT2D eigenvalue weighted by Gasteiger charge is 2.38. The fourth-order valence-corrected chi connectivity index (χ4v) is 2.21. The average Bonchev–Trinajstić information content (AvgIpc) is 2.61. The van der Waals surface area contributed by atoms with Crippen LogP contribution in [0.2, 0.25) is 0 Å². The molecule has 0 aromatic rings. The number of nitrogens with one attached hydrogen (secondary N) is 1. The Morgan fingerprint density at radius 2 is 2.36 bits per heavy atom. The van der Waals surface area contributed by atoms with Gasteiger partial charge >= 0.3 is 6.09 Å². The van der Waals surface area contributed by atoms with Crippen molar-refractivity contribution in [3.63, 3.8) is 0 Å². The molecule has 2 rings (SSSR count). The Kier molecular flexibility index (Phi) is 4.01. The van der Waals surface area contributed by atoms with Crippen molar-refractivity contribution < 1.29 is 9.53 Å². The van der Waals surface area contributed by atoms with Gasteiger partial charge in [-0.1, -0.05) is 0 Å². The molecule has 0 aliphatic carbocycles. The Hall–Kier alpha value is -0.480. The molecule has 1 amide bonds. The first-order valence-corrected chi connectivity index (χ1v) is 4.96. The molecule has 2 heterocycles. The Labute approximate surface area is 90.4 Å². The van der Waals surface area contributed by atoms with Crippen molar-refractivity contribution in [2.45, 2.75) is 19.4 Å². The third kappa shape index (κ3) is 2.12. The van der Waals surface area contributed by atoms with E-state index in [-0.39, 0.29) is 18.5 Å². The minimum atomic E-state index is -0.154. The van der Waals surface area contributed by atoms with Crippen LogP contribution >= 0.6 is 12.4 Å². The van der Waals surface area contributed by atoms with Crippen molar-refractivity contribution in [2.24, 2.45) is 5.92 Å². The lowest BCUT2D eigenvalue weighted by atomic mass is 10.1. The highest BCUT2D eigenvalue weighted by Crippen LogP contribution is 2.24. The normalized spacial score (nSPS) is 29.6. The first kappa shape index (κ1) is 11.6. The summed E-state index contributed by atoms with van der Waals surface area (Å²) in [5, 5.41) is 3.40. The fraction of sp³-hybridized carbons (Fsp3) is 0.889. The highest BCUT2D eigenvalue weighted by atomic mass is 35.5. The SMILES string of the molecule is CCOC(=O)N1CC2CCNC2C1.Cl. The van der Waals surface area contributed by atoms with E-state index in [2.05, 4.69) is 5.32 Å². The molecule has 2 unspecified atom stereocenters. The van der Waals surface area contributed by atoms with Crippen LogP contribution in [-0.2, 0) is 4.74 Å². The zero-order valence-corrected chi connectivity index (χ0v) is 9.18. The van der Waals surface area contributed by atoms with Gasteiger partial charge in [0.15, 0.2) is 0 Å². The van der Waals surface area contributed by atoms with Crippen molar-refractivity contribution >= 4 is 18.5 Å². The second-order valence-electron chi connectivity index (χ2n) is 3.71. The second-order valence-corrected chi connectivity index (χ2v) is 3.71. The first-order valence-electron chi connectivity index (χ1n) is 4.96. The molecule has 14 heavy (non-hydrogen) atoms. The van der Waals surface area contributed by atoms with Gasteiger partial charge in [0.2, 0.25) is 0 Å². The summed E-state index contributed by atoms with van der Waals surface area (Å²) in [7, 11) is 0. The minimum Gasteiger partial charge on any atom is -0.450 e. The fourth-order valence-electron chi connectivity index (χ4n) is 2.21. The van der Waals surface area contributed by atoms with Crippen LogP contribution in [0.4, 0.5) is 4.79 Å². The van der Waals surface area contributed by atoms with Crippen molar-refractivity contribution in [3.8, 4) is 0 Å². The summed E-state index contributed by atoms with van der Waals surface area (Å²) in [6, 6.07) is 0.518. The molecule has 1 N–H and O–H groups in total. The summed E-state index contributed by atoms with van der Waals surface area (Å²) >= 11 is 0. The van der Waals surface area contributed by atoms with Gasteiger partial charge in [-0.3, -0.25) is 0 Å². The van der Waals surface area contributed by atoms with Crippen molar-refractivity contribution in [1.29, 1.82) is 0 Å². The predicted molar refractivity (Wildman–Crippen MR) is 55.7 cm³/mol. The predicted octanol–water partition coefficient (Wildman–Crippen LogP) is 0.858. The van der Waals surface area contributed by atoms with E-state index in [4.69, 9.17) is 4.74 Å². The van der Waals surface area contributed by atoms with Crippen LogP contribution < -0.4 is 5.32 Å². The molecular formula is C9H17ClN2O2. The molecule has 0 radical (unpaired) electrons. The monoisotopic (exact) mass is 220 g/mol. The van der Waals surface area contributed by atoms with E-state index in [0.29, 0.717) is 18.6 Å². The number of halogens is 1. The summed E-state index contributed by atoms with van der Waals surface area (Å²) in [4.78, 5) is 13.2. The number of amides is 1. The van der Waals surface area contributed by atoms with Crippen LogP contribution in [0.15, 0.2) is 0 Å². The van der Waals surface area contributed by atoms with E-state index in [0.717, 1.165) is 19.6 Å². The van der Waals surface area contributed by atoms with Gasteiger partial charge in [-0.25, -0.2) is 4.79 Å². The van der Waals surface area contributed by atoms with Gasteiger partial charge in [-0.05, 0) is 25.8 Å². The number of hydrogen-bond donors (Lipinski definition) is 1. The second kappa shape index (κ2) is 4.84. The topological polar surface area (TPSA) is 41.6 Å². The van der Waals surface area contributed by atoms with Gasteiger partial charge < -0.3 is 15.0 Å². The maximum Gasteiger partial charge on any atom is 0.409 e. The van der Waals surface area contributed by atoms with Crippen LogP contribution in [-0.4, -0.2) is 43.3 Å². The lowest BCUT2D eigenvalue weighted by Gasteiger charge is -2.16. The molecule has 4 nitrogen and oxygen atoms in total. The minimum absolute atomic E-state index is 0. The zero-order valence-electron chi connectivity index (χ0n) is 8.36. The number of hydrogen-bond acceptors (Lipinski definition) is 3. The van der Waals surface area contributed by atoms with Gasteiger partial charge in [0, 0.05) is 19.1 Å². The number of fused-ring (bicyclic) bond motifs is 1. The van der Waals surface area contributed by atoms with Crippen LogP contribution in [0.1, 0.15) is 13.3 Å². The van der Waals surface area contributed by atoms with E-state index in [9.17, 15) is 4.79 Å². The van der Waals surface area contributed by atoms with Gasteiger partial charge in [0.25, 0.3) is 0 Å². The average molecular weight is 221 g/mol. The van der Waals surface area contributed by atoms with E-state index in [1.807, 2.05) is 11.8 Å². The maximum atomic E-state index is 11.4. The lowest BCUT2D eigenvalue weighted by molar-refractivity contribution is 0.113. The number of ether oxygens (including phenoxy) is 1. The number of likely N-dealkylation sites (tertiary alicyclic amines) is 1. The molecule has 0 aromatic heterocycles. The number of carbonyl (C=O) groups excluding carboxylic acids is 1. The Morgan fingerprint density at radius 3 is 3.00 bits per heavy atom. The number of nitrogens with zero attached hydrogens (tertiary/aromatic N) is 1. The molecule has 82 valence electrons. The third-order valence-electron chi connectivity index (χ3n) is 2.89. The summed E-state index contributed by atoms with van der Waals surface area (Å²) in [5.41, 5.74) is 0. The van der Waals surface area contributed by atoms with Crippen molar-refractivity contribution in [1.82, 2.24) is 10.2 Å². The van der Waals surface area contributed by atoms with E-state index < -0.39 is 0 Å². The Balaban J connectivity index is 0.000000980. The Bertz CT molecular complexity index is 201. The molecule has 2 aliphatic rings. The van der Waals surface area contributed by atoms with E-state index in [1.54, 1.807) is 0 Å². The highest BCUT2D eigenvalue weighted by molar-refractivity contribution is 5.85. The van der Waals surface area contributed by atoms with Crippen molar-refractivity contribution in [3.05, 3.63) is 0 Å². The summed E-state index contributed by atoms with van der Waals surface area (Å²) in [5.74, 6) is 0.657. The smallest absolute Gasteiger partial charge is 0.409 e. The van der Waals surface area contributed by atoms with Crippen molar-refractivity contribution in [2.75, 3.05) is 26.2 Å². The molecule has 2 atom stereocenters. The van der Waals surface area contributed by atoms with E-state index >= 15 is 0 Å². The molecule has 0 bridgehead atoms. The van der Waals surface area contributed by atoms with Crippen LogP contribution in [0.25, 0.3) is 0 Å². The van der Waals surface area contributed by atoms with E-state index in [1.165, 1.54) is 6.42 Å². The molecule has 0 saturated carbocycles. The molecule has 2 aliphatic heterocycles. The largest absolute Gasteiger partial charge is 0.450 e. The van der Waals surface area contributed by atoms with Gasteiger partial charge in [-0.2, -0.15) is 0 Å². The van der Waals surface area contributed by atoms with Crippen LogP contribution in [0, 0.1) is 5.92 Å². The number of carbonyl (C=O) groups is 1. The number of rotatable bonds is 1. The quantitative estimate of drug-likeness (QED) is 0.713. The Morgan fingerprint density at radius 1 is 1.57 bits per heavy atom. The van der Waals surface area contributed by atoms with Gasteiger partial charge in [0.1, 0.15) is 0 Å². The molecule has 5 heteroatoms. The molecule has 0 aromatic carbocycles. The van der Waals surface area contributed by atoms with Crippen LogP contribution in [0.5, 0.6) is 0 Å². The molecular weight excluding hydrogens is 204 g/mol. The first-order chi connectivity index (χ1) is 6.31. The van der Waals surface area contributed by atoms with Gasteiger partial charge in [0.05, 0.1) is 6.61 Å². The summed E-state index contributed by atoms with van der Waals surface area (Å²) < 4.78 is 4.95. The molecule has 0 spiro atoms. The molecule has 2 fully saturated rings. The molecule has 2 saturated heterocycles. The lowest BCUT2D eigenvalue weighted by Crippen LogP contribution is -2.34.